The molecule has 1 rings (SSSR count). The molecule has 0 spiro atoms. The zero-order valence-electron chi connectivity index (χ0n) is 8.31. The first-order valence-corrected chi connectivity index (χ1v) is 4.43. The molecule has 0 aliphatic rings. The fourth-order valence-corrected chi connectivity index (χ4v) is 1.29. The fraction of sp³-hybridized carbons (Fsp3) is 0.455. The third-order valence-corrected chi connectivity index (χ3v) is 1.83. The highest BCUT2D eigenvalue weighted by Crippen LogP contribution is 2.16. The Labute approximate surface area is 74.8 Å². The Balaban J connectivity index is 2.86. The van der Waals surface area contributed by atoms with Crippen LogP contribution in [0, 0.1) is 13.8 Å². The van der Waals surface area contributed by atoms with E-state index in [0.717, 1.165) is 0 Å². The van der Waals surface area contributed by atoms with Crippen LogP contribution in [0.5, 0.6) is 0 Å². The Morgan fingerprint density at radius 3 is 2.33 bits per heavy atom. The average Bonchev–Trinajstić information content (AvgIpc) is 1.94. The Kier molecular flexibility index (Phi) is 2.74. The first-order valence-electron chi connectivity index (χ1n) is 4.43. The highest BCUT2D eigenvalue weighted by atomic mass is 14.9. The van der Waals surface area contributed by atoms with Crippen LogP contribution in [0.2, 0.25) is 0 Å². The van der Waals surface area contributed by atoms with Gasteiger partial charge in [-0.1, -0.05) is 17.7 Å². The second-order valence-electron chi connectivity index (χ2n) is 3.62. The van der Waals surface area contributed by atoms with Gasteiger partial charge in [0.05, 0.1) is 0 Å². The van der Waals surface area contributed by atoms with E-state index in [1.54, 1.807) is 0 Å². The van der Waals surface area contributed by atoms with Gasteiger partial charge in [0.25, 0.3) is 0 Å². The van der Waals surface area contributed by atoms with E-state index < -0.39 is 0 Å². The van der Waals surface area contributed by atoms with Gasteiger partial charge in [-0.2, -0.15) is 0 Å². The number of hydrogen-bond acceptors (Lipinski definition) is 1. The first-order chi connectivity index (χ1) is 5.59. The number of benzene rings is 1. The molecule has 0 saturated carbocycles. The van der Waals surface area contributed by atoms with Crippen LogP contribution in [0.25, 0.3) is 0 Å². The quantitative estimate of drug-likeness (QED) is 0.706. The summed E-state index contributed by atoms with van der Waals surface area (Å²) in [6, 6.07) is 6.99. The summed E-state index contributed by atoms with van der Waals surface area (Å²) in [5, 5.41) is 3.40. The second kappa shape index (κ2) is 3.61. The van der Waals surface area contributed by atoms with Crippen molar-refractivity contribution in [2.24, 2.45) is 0 Å². The standard InChI is InChI=1S/C11H17N/c1-8(2)12-11-6-5-9(3)7-10(11)4/h5-8,12H,1-4H3. The molecule has 1 N–H and O–H groups in total. The van der Waals surface area contributed by atoms with Gasteiger partial charge in [0.2, 0.25) is 0 Å². The molecule has 0 heterocycles. The molecule has 66 valence electrons. The minimum Gasteiger partial charge on any atom is -0.383 e. The van der Waals surface area contributed by atoms with Gasteiger partial charge >= 0.3 is 0 Å². The van der Waals surface area contributed by atoms with E-state index in [1.165, 1.54) is 16.8 Å². The molecule has 0 unspecified atom stereocenters. The van der Waals surface area contributed by atoms with Gasteiger partial charge in [0.1, 0.15) is 0 Å². The Bertz CT molecular complexity index is 264. The lowest BCUT2D eigenvalue weighted by Crippen LogP contribution is -2.10. The summed E-state index contributed by atoms with van der Waals surface area (Å²) in [6.07, 6.45) is 0. The van der Waals surface area contributed by atoms with Crippen molar-refractivity contribution in [3.63, 3.8) is 0 Å². The predicted molar refractivity (Wildman–Crippen MR) is 54.7 cm³/mol. The number of nitrogens with one attached hydrogen (secondary N) is 1. The molecule has 1 aromatic carbocycles. The maximum absolute atomic E-state index is 3.40. The van der Waals surface area contributed by atoms with Crippen molar-refractivity contribution in [1.82, 2.24) is 0 Å². The van der Waals surface area contributed by atoms with E-state index in [9.17, 15) is 0 Å². The zero-order valence-corrected chi connectivity index (χ0v) is 8.31. The fourth-order valence-electron chi connectivity index (χ4n) is 1.29. The van der Waals surface area contributed by atoms with Crippen molar-refractivity contribution in [3.05, 3.63) is 29.3 Å². The SMILES string of the molecule is Cc1ccc(NC(C)C)c(C)c1. The molecule has 0 saturated heterocycles. The van der Waals surface area contributed by atoms with Gasteiger partial charge in [-0.3, -0.25) is 0 Å². The summed E-state index contributed by atoms with van der Waals surface area (Å²) in [5.41, 5.74) is 3.89. The van der Waals surface area contributed by atoms with Gasteiger partial charge in [0.15, 0.2) is 0 Å². The van der Waals surface area contributed by atoms with E-state index in [-0.39, 0.29) is 0 Å². The molecule has 0 atom stereocenters. The number of rotatable bonds is 2. The van der Waals surface area contributed by atoms with Crippen LogP contribution in [0.4, 0.5) is 5.69 Å². The summed E-state index contributed by atoms with van der Waals surface area (Å²) < 4.78 is 0. The van der Waals surface area contributed by atoms with E-state index in [4.69, 9.17) is 0 Å². The maximum atomic E-state index is 3.40. The number of hydrogen-bond donors (Lipinski definition) is 1. The van der Waals surface area contributed by atoms with Crippen molar-refractivity contribution >= 4 is 5.69 Å². The lowest BCUT2D eigenvalue weighted by Gasteiger charge is -2.12. The van der Waals surface area contributed by atoms with Crippen molar-refractivity contribution in [1.29, 1.82) is 0 Å². The van der Waals surface area contributed by atoms with Crippen molar-refractivity contribution < 1.29 is 0 Å². The molecule has 1 heteroatoms. The summed E-state index contributed by atoms with van der Waals surface area (Å²) >= 11 is 0. The van der Waals surface area contributed by atoms with Gasteiger partial charge in [-0.25, -0.2) is 0 Å². The lowest BCUT2D eigenvalue weighted by molar-refractivity contribution is 0.897. The monoisotopic (exact) mass is 163 g/mol. The molecule has 0 radical (unpaired) electrons. The van der Waals surface area contributed by atoms with Gasteiger partial charge in [0, 0.05) is 11.7 Å². The zero-order chi connectivity index (χ0) is 9.14. The van der Waals surface area contributed by atoms with E-state index in [1.807, 2.05) is 0 Å². The third kappa shape index (κ3) is 2.26. The number of anilines is 1. The van der Waals surface area contributed by atoms with Crippen LogP contribution in [0.1, 0.15) is 25.0 Å². The van der Waals surface area contributed by atoms with Crippen LogP contribution in [0.15, 0.2) is 18.2 Å². The van der Waals surface area contributed by atoms with Crippen LogP contribution in [-0.4, -0.2) is 6.04 Å². The molecule has 0 aliphatic carbocycles. The molecular formula is C11H17N. The highest BCUT2D eigenvalue weighted by molar-refractivity contribution is 5.52. The van der Waals surface area contributed by atoms with Gasteiger partial charge in [-0.15, -0.1) is 0 Å². The first kappa shape index (κ1) is 9.11. The van der Waals surface area contributed by atoms with Crippen LogP contribution in [0.3, 0.4) is 0 Å². The van der Waals surface area contributed by atoms with E-state index in [2.05, 4.69) is 51.2 Å². The molecular weight excluding hydrogens is 146 g/mol. The lowest BCUT2D eigenvalue weighted by atomic mass is 10.1. The highest BCUT2D eigenvalue weighted by Gasteiger charge is 1.98. The van der Waals surface area contributed by atoms with Crippen molar-refractivity contribution in [2.45, 2.75) is 33.7 Å². The predicted octanol–water partition coefficient (Wildman–Crippen LogP) is 3.12. The molecule has 0 aliphatic heterocycles. The normalized spacial score (nSPS) is 10.4. The Hall–Kier alpha value is -0.980. The van der Waals surface area contributed by atoms with Crippen LogP contribution in [-0.2, 0) is 0 Å². The minimum atomic E-state index is 0.506. The van der Waals surface area contributed by atoms with Gasteiger partial charge < -0.3 is 5.32 Å². The van der Waals surface area contributed by atoms with E-state index in [0.29, 0.717) is 6.04 Å². The second-order valence-corrected chi connectivity index (χ2v) is 3.62. The third-order valence-electron chi connectivity index (χ3n) is 1.83. The van der Waals surface area contributed by atoms with Crippen LogP contribution >= 0.6 is 0 Å². The van der Waals surface area contributed by atoms with E-state index >= 15 is 0 Å². The average molecular weight is 163 g/mol. The molecule has 0 aromatic heterocycles. The Morgan fingerprint density at radius 2 is 1.83 bits per heavy atom. The molecule has 0 bridgehead atoms. The topological polar surface area (TPSA) is 12.0 Å². The molecule has 12 heavy (non-hydrogen) atoms. The largest absolute Gasteiger partial charge is 0.383 e. The summed E-state index contributed by atoms with van der Waals surface area (Å²) in [7, 11) is 0. The van der Waals surface area contributed by atoms with Crippen molar-refractivity contribution in [2.75, 3.05) is 5.32 Å². The van der Waals surface area contributed by atoms with Crippen molar-refractivity contribution in [3.8, 4) is 0 Å². The van der Waals surface area contributed by atoms with Crippen LogP contribution < -0.4 is 5.32 Å². The maximum Gasteiger partial charge on any atom is 0.0372 e. The Morgan fingerprint density at radius 1 is 1.17 bits per heavy atom. The molecule has 0 amide bonds. The molecule has 1 aromatic rings. The minimum absolute atomic E-state index is 0.506. The smallest absolute Gasteiger partial charge is 0.0372 e. The summed E-state index contributed by atoms with van der Waals surface area (Å²) in [6.45, 7) is 8.56. The molecule has 1 nitrogen and oxygen atoms in total. The molecule has 0 fully saturated rings. The summed E-state index contributed by atoms with van der Waals surface area (Å²) in [5.74, 6) is 0. The summed E-state index contributed by atoms with van der Waals surface area (Å²) in [4.78, 5) is 0. The number of aryl methyl sites for hydroxylation is 2. The van der Waals surface area contributed by atoms with Gasteiger partial charge in [-0.05, 0) is 39.3 Å².